The fraction of sp³-hybridized carbons (Fsp3) is 0.667. The van der Waals surface area contributed by atoms with E-state index in [0.717, 1.165) is 120 Å². The number of benzene rings is 2. The molecule has 6 aliphatic rings. The zero-order valence-corrected chi connectivity index (χ0v) is 35.9. The zero-order valence-electron chi connectivity index (χ0n) is 34.4. The largest absolute Gasteiger partial charge is 0.490 e. The van der Waals surface area contributed by atoms with Crippen molar-refractivity contribution in [2.45, 2.75) is 101 Å². The highest BCUT2D eigenvalue weighted by Crippen LogP contribution is 2.49. The average Bonchev–Trinajstić information content (AvgIpc) is 3.31. The number of carbonyl (C=O) groups excluding carboxylic acids is 2. The van der Waals surface area contributed by atoms with Gasteiger partial charge >= 0.3 is 0 Å². The van der Waals surface area contributed by atoms with Crippen LogP contribution in [0.15, 0.2) is 36.4 Å². The summed E-state index contributed by atoms with van der Waals surface area (Å²) in [6, 6.07) is 12.3. The van der Waals surface area contributed by atoms with Gasteiger partial charge in [0.1, 0.15) is 11.5 Å². The molecule has 10 nitrogen and oxygen atoms in total. The van der Waals surface area contributed by atoms with Gasteiger partial charge in [0.25, 0.3) is 5.91 Å². The van der Waals surface area contributed by atoms with Gasteiger partial charge in [-0.15, -0.1) is 0 Å². The number of Topliss-reactive ketones (excluding diaryl/α,β-unsaturated/α-hetero) is 1. The minimum absolute atomic E-state index is 0.0387. The monoisotopic (exact) mass is 821 g/mol. The van der Waals surface area contributed by atoms with Gasteiger partial charge in [-0.25, -0.2) is 4.21 Å². The summed E-state index contributed by atoms with van der Waals surface area (Å²) in [6.45, 7) is 15.0. The first-order chi connectivity index (χ1) is 27.2. The quantitative estimate of drug-likeness (QED) is 0.383. The Labute approximate surface area is 345 Å². The summed E-state index contributed by atoms with van der Waals surface area (Å²) >= 11 is 6.53. The predicted octanol–water partition coefficient (Wildman–Crippen LogP) is 5.42. The summed E-state index contributed by atoms with van der Waals surface area (Å²) in [5.74, 6) is 5.12. The maximum absolute atomic E-state index is 14.1. The molecule has 2 aliphatic carbocycles. The van der Waals surface area contributed by atoms with E-state index in [1.54, 1.807) is 13.0 Å². The molecular formula is C45H64ClN5O5S. The third-order valence-corrected chi connectivity index (χ3v) is 17.4. The SMILES string of the molecule is C=S1(=O)NC(=O)c2ccc3c(c2)N(C[C@@H]2CC[C@H]2[C@](O)(CN2CCN4CCN(CCC(C)=O)CC4C2)CCC[C@H](C)[C@H]1C)C[C@@]1(CCCc2cc(Cl)ccc21)CO3. The number of ketones is 1. The maximum atomic E-state index is 14.1. The summed E-state index contributed by atoms with van der Waals surface area (Å²) in [5.41, 5.74) is 2.75. The molecule has 2 saturated heterocycles. The highest BCUT2D eigenvalue weighted by molar-refractivity contribution is 7.99. The van der Waals surface area contributed by atoms with Crippen molar-refractivity contribution >= 4 is 44.6 Å². The zero-order chi connectivity index (χ0) is 40.1. The van der Waals surface area contributed by atoms with Crippen LogP contribution in [-0.2, 0) is 26.3 Å². The predicted molar refractivity (Wildman–Crippen MR) is 230 cm³/mol. The van der Waals surface area contributed by atoms with Crippen LogP contribution in [0.4, 0.5) is 5.69 Å². The number of carbonyl (C=O) groups is 2. The Morgan fingerprint density at radius 1 is 1.02 bits per heavy atom. The number of amides is 1. The van der Waals surface area contributed by atoms with Crippen molar-refractivity contribution in [3.05, 3.63) is 58.1 Å². The number of β-amino-alcohol motifs (C(OH)–C–C–N with tert-alkyl or cyclic N) is 1. The molecule has 2 N–H and O–H groups in total. The third kappa shape index (κ3) is 8.53. The number of fused-ring (bicyclic) bond motifs is 5. The van der Waals surface area contributed by atoms with Crippen molar-refractivity contribution < 1.29 is 23.6 Å². The Morgan fingerprint density at radius 2 is 1.81 bits per heavy atom. The number of anilines is 1. The van der Waals surface area contributed by atoms with Gasteiger partial charge in [0.2, 0.25) is 0 Å². The molecule has 8 atom stereocenters. The van der Waals surface area contributed by atoms with Gasteiger partial charge in [-0.2, -0.15) is 0 Å². The molecule has 2 unspecified atom stereocenters. The van der Waals surface area contributed by atoms with E-state index < -0.39 is 15.3 Å². The molecule has 4 heterocycles. The summed E-state index contributed by atoms with van der Waals surface area (Å²) in [5, 5.41) is 13.6. The second kappa shape index (κ2) is 16.4. The minimum atomic E-state index is -2.97. The molecule has 57 heavy (non-hydrogen) atoms. The van der Waals surface area contributed by atoms with E-state index >= 15 is 0 Å². The number of aliphatic hydroxyl groups is 1. The first kappa shape index (κ1) is 41.1. The van der Waals surface area contributed by atoms with Gasteiger partial charge in [0.05, 0.1) is 27.6 Å². The van der Waals surface area contributed by atoms with E-state index in [9.17, 15) is 18.9 Å². The molecule has 4 aliphatic heterocycles. The standard InChI is InChI=1S/C45H64ClN5O5S/c1-31-7-5-17-45(54,29-49-20-22-50-21-19-48(18-15-32(2)52)26-38(50)27-49)40-12-9-36(40)25-51-28-44(16-6-8-34-23-37(46)11-13-39(34)44)30-56-42-14-10-35(24-41(42)51)43(53)47-57(4,55)33(31)3/h10-11,13-14,23-24,31,33,36,38,40,54H,4-9,12,15-22,25-30H2,1-3H3,(H,47,53,55)/t31-,33+,36-,38?,40+,44-,45+,57?/m0/s1. The minimum Gasteiger partial charge on any atom is -0.490 e. The van der Waals surface area contributed by atoms with Gasteiger partial charge < -0.3 is 19.6 Å². The average molecular weight is 823 g/mol. The van der Waals surface area contributed by atoms with Gasteiger partial charge in [-0.05, 0) is 124 Å². The van der Waals surface area contributed by atoms with Crippen LogP contribution in [0.3, 0.4) is 0 Å². The Morgan fingerprint density at radius 3 is 2.58 bits per heavy atom. The van der Waals surface area contributed by atoms with Crippen molar-refractivity contribution in [2.75, 3.05) is 77.0 Å². The number of nitrogens with one attached hydrogen (secondary N) is 1. The molecular weight excluding hydrogens is 758 g/mol. The highest BCUT2D eigenvalue weighted by atomic mass is 35.5. The first-order valence-corrected chi connectivity index (χ1v) is 23.8. The number of hydrogen-bond acceptors (Lipinski definition) is 9. The summed E-state index contributed by atoms with van der Waals surface area (Å²) in [4.78, 5) is 35.6. The van der Waals surface area contributed by atoms with Crippen LogP contribution in [0.25, 0.3) is 0 Å². The van der Waals surface area contributed by atoms with Crippen molar-refractivity contribution in [1.82, 2.24) is 19.4 Å². The Kier molecular flexibility index (Phi) is 11.8. The van der Waals surface area contributed by atoms with Crippen LogP contribution in [0, 0.1) is 17.8 Å². The normalized spacial score (nSPS) is 35.5. The highest BCUT2D eigenvalue weighted by Gasteiger charge is 2.50. The molecule has 2 aromatic carbocycles. The second-order valence-electron chi connectivity index (χ2n) is 18.7. The number of halogens is 1. The first-order valence-electron chi connectivity index (χ1n) is 21.6. The van der Waals surface area contributed by atoms with E-state index in [1.165, 1.54) is 11.1 Å². The molecule has 3 fully saturated rings. The fourth-order valence-electron chi connectivity index (χ4n) is 11.2. The van der Waals surface area contributed by atoms with E-state index in [4.69, 9.17) is 16.3 Å². The number of nitrogens with zero attached hydrogens (tertiary/aromatic N) is 4. The van der Waals surface area contributed by atoms with Crippen LogP contribution in [0.1, 0.15) is 93.6 Å². The van der Waals surface area contributed by atoms with Gasteiger partial charge in [-0.3, -0.25) is 24.1 Å². The molecule has 1 amide bonds. The lowest BCUT2D eigenvalue weighted by Gasteiger charge is -2.53. The van der Waals surface area contributed by atoms with Crippen LogP contribution in [-0.4, -0.2) is 131 Å². The topological polar surface area (TPSA) is 106 Å². The molecule has 0 radical (unpaired) electrons. The number of rotatable bonds is 5. The van der Waals surface area contributed by atoms with E-state index in [0.29, 0.717) is 37.6 Å². The smallest absolute Gasteiger partial charge is 0.262 e. The van der Waals surface area contributed by atoms with E-state index in [-0.39, 0.29) is 40.1 Å². The number of piperazine rings is 2. The lowest BCUT2D eigenvalue weighted by atomic mass is 9.62. The molecule has 0 aromatic heterocycles. The van der Waals surface area contributed by atoms with Gasteiger partial charge in [0.15, 0.2) is 0 Å². The van der Waals surface area contributed by atoms with Crippen molar-refractivity contribution in [3.63, 3.8) is 0 Å². The lowest BCUT2D eigenvalue weighted by Crippen LogP contribution is -2.64. The van der Waals surface area contributed by atoms with Gasteiger partial charge in [-0.1, -0.05) is 31.0 Å². The van der Waals surface area contributed by atoms with Crippen molar-refractivity contribution in [1.29, 1.82) is 0 Å². The van der Waals surface area contributed by atoms with Crippen LogP contribution < -0.4 is 14.4 Å². The number of hydrogen-bond donors (Lipinski definition) is 2. The summed E-state index contributed by atoms with van der Waals surface area (Å²) in [6.07, 6.45) is 7.90. The van der Waals surface area contributed by atoms with E-state index in [1.807, 2.05) is 25.1 Å². The molecule has 2 bridgehead atoms. The van der Waals surface area contributed by atoms with Crippen molar-refractivity contribution in [2.24, 2.45) is 17.8 Å². The Balaban J connectivity index is 1.11. The molecule has 1 spiro atoms. The maximum Gasteiger partial charge on any atom is 0.262 e. The van der Waals surface area contributed by atoms with Gasteiger partial charge in [0, 0.05) is 99.2 Å². The molecule has 8 rings (SSSR count). The van der Waals surface area contributed by atoms with Crippen molar-refractivity contribution in [3.8, 4) is 5.75 Å². The number of ether oxygens (including phenoxy) is 1. The fourth-order valence-corrected chi connectivity index (χ4v) is 12.9. The van der Waals surface area contributed by atoms with Crippen LogP contribution >= 0.6 is 11.6 Å². The Hall–Kier alpha value is -2.67. The molecule has 1 saturated carbocycles. The Bertz CT molecular complexity index is 1950. The summed E-state index contributed by atoms with van der Waals surface area (Å²) < 4.78 is 23.7. The van der Waals surface area contributed by atoms with Crippen LogP contribution in [0.2, 0.25) is 5.02 Å². The number of aryl methyl sites for hydroxylation is 1. The lowest BCUT2D eigenvalue weighted by molar-refractivity contribution is -0.119. The molecule has 312 valence electrons. The summed E-state index contributed by atoms with van der Waals surface area (Å²) in [7, 11) is -2.97. The van der Waals surface area contributed by atoms with Crippen LogP contribution in [0.5, 0.6) is 5.75 Å². The third-order valence-electron chi connectivity index (χ3n) is 14.9. The van der Waals surface area contributed by atoms with E-state index in [2.05, 4.69) is 49.2 Å². The molecule has 2 aromatic rings. The molecule has 12 heteroatoms. The second-order valence-corrected chi connectivity index (χ2v) is 21.6.